The van der Waals surface area contributed by atoms with Crippen molar-refractivity contribution in [2.75, 3.05) is 27.2 Å². The number of alkyl halides is 2. The van der Waals surface area contributed by atoms with E-state index in [9.17, 15) is 13.6 Å². The smallest absolute Gasteiger partial charge is 0.387 e. The maximum atomic E-state index is 12.2. The summed E-state index contributed by atoms with van der Waals surface area (Å²) in [5.41, 5.74) is 0.462. The van der Waals surface area contributed by atoms with Crippen LogP contribution in [-0.2, 0) is 11.2 Å². The first-order chi connectivity index (χ1) is 9.04. The maximum absolute atomic E-state index is 12.2. The van der Waals surface area contributed by atoms with E-state index in [1.165, 1.54) is 6.07 Å². The highest BCUT2D eigenvalue weighted by molar-refractivity contribution is 5.79. The van der Waals surface area contributed by atoms with Crippen molar-refractivity contribution in [1.29, 1.82) is 0 Å². The summed E-state index contributed by atoms with van der Waals surface area (Å²) in [7, 11) is 3.47. The number of para-hydroxylation sites is 1. The van der Waals surface area contributed by atoms with Gasteiger partial charge in [0.2, 0.25) is 5.91 Å². The van der Waals surface area contributed by atoms with Gasteiger partial charge in [0.05, 0.1) is 6.42 Å². The summed E-state index contributed by atoms with van der Waals surface area (Å²) in [6.45, 7) is -1.65. The van der Waals surface area contributed by atoms with Crippen LogP contribution in [0.1, 0.15) is 5.56 Å². The third-order valence-corrected chi connectivity index (χ3v) is 2.65. The monoisotopic (exact) mass is 272 g/mol. The van der Waals surface area contributed by atoms with E-state index in [2.05, 4.69) is 10.1 Å². The summed E-state index contributed by atoms with van der Waals surface area (Å²) < 4.78 is 28.9. The molecule has 106 valence electrons. The molecule has 0 fully saturated rings. The van der Waals surface area contributed by atoms with Crippen molar-refractivity contribution in [2.45, 2.75) is 13.0 Å². The van der Waals surface area contributed by atoms with Crippen LogP contribution in [0.25, 0.3) is 0 Å². The van der Waals surface area contributed by atoms with Crippen LogP contribution in [0.15, 0.2) is 24.3 Å². The molecular formula is C13H18F2N2O2. The highest BCUT2D eigenvalue weighted by Gasteiger charge is 2.14. The number of carbonyl (C=O) groups is 1. The molecule has 0 aliphatic rings. The Morgan fingerprint density at radius 1 is 1.42 bits per heavy atom. The van der Waals surface area contributed by atoms with E-state index in [0.717, 1.165) is 0 Å². The number of amides is 1. The van der Waals surface area contributed by atoms with E-state index in [1.54, 1.807) is 37.2 Å². The Morgan fingerprint density at radius 2 is 2.11 bits per heavy atom. The number of hydrogen-bond acceptors (Lipinski definition) is 3. The molecule has 6 heteroatoms. The van der Waals surface area contributed by atoms with Crippen LogP contribution in [0, 0.1) is 0 Å². The van der Waals surface area contributed by atoms with Crippen molar-refractivity contribution in [1.82, 2.24) is 10.2 Å². The molecule has 1 aromatic carbocycles. The molecule has 0 aromatic heterocycles. The molecule has 1 aromatic rings. The Hall–Kier alpha value is -1.69. The van der Waals surface area contributed by atoms with E-state index >= 15 is 0 Å². The molecule has 0 aliphatic heterocycles. The highest BCUT2D eigenvalue weighted by Crippen LogP contribution is 2.21. The van der Waals surface area contributed by atoms with Crippen molar-refractivity contribution in [3.05, 3.63) is 29.8 Å². The zero-order valence-electron chi connectivity index (χ0n) is 11.0. The van der Waals surface area contributed by atoms with Crippen molar-refractivity contribution in [3.63, 3.8) is 0 Å². The lowest BCUT2D eigenvalue weighted by atomic mass is 10.1. The summed E-state index contributed by atoms with van der Waals surface area (Å²) in [4.78, 5) is 13.5. The van der Waals surface area contributed by atoms with Crippen LogP contribution in [0.2, 0.25) is 0 Å². The number of likely N-dealkylation sites (N-methyl/N-ethyl adjacent to an activating group) is 2. The number of benzene rings is 1. The fourth-order valence-electron chi connectivity index (χ4n) is 1.56. The average Bonchev–Trinajstić information content (AvgIpc) is 2.37. The molecule has 1 amide bonds. The van der Waals surface area contributed by atoms with Gasteiger partial charge < -0.3 is 15.0 Å². The molecule has 0 radical (unpaired) electrons. The van der Waals surface area contributed by atoms with E-state index in [1.807, 2.05) is 0 Å². The number of carbonyl (C=O) groups excluding carboxylic acids is 1. The SMILES string of the molecule is CNCCN(C)C(=O)Cc1ccccc1OC(F)F. The third kappa shape index (κ3) is 5.21. The first kappa shape index (κ1) is 15.4. The number of nitrogens with one attached hydrogen (secondary N) is 1. The molecular weight excluding hydrogens is 254 g/mol. The van der Waals surface area contributed by atoms with Gasteiger partial charge in [-0.25, -0.2) is 0 Å². The zero-order chi connectivity index (χ0) is 14.3. The van der Waals surface area contributed by atoms with Gasteiger partial charge in [0, 0.05) is 25.7 Å². The first-order valence-corrected chi connectivity index (χ1v) is 5.96. The Balaban J connectivity index is 2.68. The minimum absolute atomic E-state index is 0.0447. The topological polar surface area (TPSA) is 41.6 Å². The minimum atomic E-state index is -2.89. The van der Waals surface area contributed by atoms with Gasteiger partial charge in [-0.05, 0) is 13.1 Å². The molecule has 0 saturated carbocycles. The molecule has 19 heavy (non-hydrogen) atoms. The lowest BCUT2D eigenvalue weighted by molar-refractivity contribution is -0.129. The predicted octanol–water partition coefficient (Wildman–Crippen LogP) is 1.51. The summed E-state index contributed by atoms with van der Waals surface area (Å²) in [6, 6.07) is 6.33. The van der Waals surface area contributed by atoms with Gasteiger partial charge in [-0.3, -0.25) is 4.79 Å². The van der Waals surface area contributed by atoms with Gasteiger partial charge in [-0.15, -0.1) is 0 Å². The van der Waals surface area contributed by atoms with Crippen LogP contribution in [0.4, 0.5) is 8.78 Å². The van der Waals surface area contributed by atoms with Crippen molar-refractivity contribution in [2.24, 2.45) is 0 Å². The lowest BCUT2D eigenvalue weighted by Crippen LogP contribution is -2.33. The average molecular weight is 272 g/mol. The lowest BCUT2D eigenvalue weighted by Gasteiger charge is -2.18. The Kier molecular flexibility index (Phi) is 6.21. The number of hydrogen-bond donors (Lipinski definition) is 1. The fourth-order valence-corrected chi connectivity index (χ4v) is 1.56. The standard InChI is InChI=1S/C13H18F2N2O2/c1-16-7-8-17(2)12(18)9-10-5-3-4-6-11(10)19-13(14)15/h3-6,13,16H,7-9H2,1-2H3. The van der Waals surface area contributed by atoms with E-state index in [-0.39, 0.29) is 18.1 Å². The van der Waals surface area contributed by atoms with Crippen LogP contribution in [0.3, 0.4) is 0 Å². The molecule has 0 atom stereocenters. The molecule has 0 unspecified atom stereocenters. The van der Waals surface area contributed by atoms with Crippen LogP contribution in [-0.4, -0.2) is 44.6 Å². The Labute approximate surface area is 111 Å². The maximum Gasteiger partial charge on any atom is 0.387 e. The van der Waals surface area contributed by atoms with E-state index in [0.29, 0.717) is 18.7 Å². The molecule has 0 saturated heterocycles. The summed E-state index contributed by atoms with van der Waals surface area (Å²) in [5.74, 6) is -0.0894. The number of rotatable bonds is 7. The largest absolute Gasteiger partial charge is 0.435 e. The van der Waals surface area contributed by atoms with Gasteiger partial charge in [0.1, 0.15) is 5.75 Å². The predicted molar refractivity (Wildman–Crippen MR) is 68.3 cm³/mol. The molecule has 0 spiro atoms. The van der Waals surface area contributed by atoms with Crippen molar-refractivity contribution < 1.29 is 18.3 Å². The number of halogens is 2. The second-order valence-corrected chi connectivity index (χ2v) is 4.08. The second kappa shape index (κ2) is 7.68. The van der Waals surface area contributed by atoms with Gasteiger partial charge in [0.15, 0.2) is 0 Å². The second-order valence-electron chi connectivity index (χ2n) is 4.08. The van der Waals surface area contributed by atoms with Crippen molar-refractivity contribution >= 4 is 5.91 Å². The van der Waals surface area contributed by atoms with Gasteiger partial charge in [0.25, 0.3) is 0 Å². The normalized spacial score (nSPS) is 10.6. The summed E-state index contributed by atoms with van der Waals surface area (Å²) in [5, 5.41) is 2.94. The molecule has 0 heterocycles. The molecule has 1 rings (SSSR count). The molecule has 1 N–H and O–H groups in total. The zero-order valence-corrected chi connectivity index (χ0v) is 11.0. The molecule has 0 bridgehead atoms. The van der Waals surface area contributed by atoms with E-state index in [4.69, 9.17) is 0 Å². The first-order valence-electron chi connectivity index (χ1n) is 5.96. The molecule has 4 nitrogen and oxygen atoms in total. The minimum Gasteiger partial charge on any atom is -0.435 e. The third-order valence-electron chi connectivity index (χ3n) is 2.65. The van der Waals surface area contributed by atoms with Gasteiger partial charge >= 0.3 is 6.61 Å². The Bertz CT molecular complexity index is 413. The van der Waals surface area contributed by atoms with Crippen LogP contribution < -0.4 is 10.1 Å². The van der Waals surface area contributed by atoms with Crippen molar-refractivity contribution in [3.8, 4) is 5.75 Å². The Morgan fingerprint density at radius 3 is 2.74 bits per heavy atom. The van der Waals surface area contributed by atoms with Gasteiger partial charge in [-0.1, -0.05) is 18.2 Å². The van der Waals surface area contributed by atoms with Crippen LogP contribution >= 0.6 is 0 Å². The highest BCUT2D eigenvalue weighted by atomic mass is 19.3. The number of nitrogens with zero attached hydrogens (tertiary/aromatic N) is 1. The van der Waals surface area contributed by atoms with E-state index < -0.39 is 6.61 Å². The number of ether oxygens (including phenoxy) is 1. The summed E-state index contributed by atoms with van der Waals surface area (Å²) >= 11 is 0. The molecule has 0 aliphatic carbocycles. The van der Waals surface area contributed by atoms with Crippen LogP contribution in [0.5, 0.6) is 5.75 Å². The fraction of sp³-hybridized carbons (Fsp3) is 0.462. The summed E-state index contributed by atoms with van der Waals surface area (Å²) in [6.07, 6.45) is 0.0447. The quantitative estimate of drug-likeness (QED) is 0.818. The van der Waals surface area contributed by atoms with Gasteiger partial charge in [-0.2, -0.15) is 8.78 Å².